The quantitative estimate of drug-likeness (QED) is 0.301. The molecule has 1 heterocycles. The third kappa shape index (κ3) is 4.05. The van der Waals surface area contributed by atoms with Gasteiger partial charge in [0.25, 0.3) is 11.7 Å². The zero-order chi connectivity index (χ0) is 23.7. The van der Waals surface area contributed by atoms with Crippen molar-refractivity contribution >= 4 is 34.7 Å². The summed E-state index contributed by atoms with van der Waals surface area (Å²) in [6, 6.07) is 17.3. The SMILES string of the molecule is CCOc1cc(C2/C(=C(\O)c3ccccc3)C(=O)C(=O)N2c2ccc(C)c(Cl)c2)ccc1O. The number of Topliss-reactive ketones (excluding diaryl/α,β-unsaturated/α-hetero) is 1. The molecular weight excluding hydrogens is 442 g/mol. The largest absolute Gasteiger partial charge is 0.507 e. The van der Waals surface area contributed by atoms with Crippen molar-refractivity contribution in [2.45, 2.75) is 19.9 Å². The molecule has 0 radical (unpaired) electrons. The number of anilines is 1. The van der Waals surface area contributed by atoms with Crippen LogP contribution in [-0.2, 0) is 9.59 Å². The van der Waals surface area contributed by atoms with Gasteiger partial charge in [-0.25, -0.2) is 0 Å². The summed E-state index contributed by atoms with van der Waals surface area (Å²) >= 11 is 6.31. The zero-order valence-electron chi connectivity index (χ0n) is 18.1. The average Bonchev–Trinajstić information content (AvgIpc) is 3.08. The van der Waals surface area contributed by atoms with E-state index >= 15 is 0 Å². The molecule has 6 nitrogen and oxygen atoms in total. The van der Waals surface area contributed by atoms with E-state index in [0.717, 1.165) is 5.56 Å². The molecule has 0 aromatic heterocycles. The fourth-order valence-corrected chi connectivity index (χ4v) is 4.04. The third-order valence-corrected chi connectivity index (χ3v) is 5.93. The number of hydrogen-bond acceptors (Lipinski definition) is 5. The molecule has 1 saturated heterocycles. The highest BCUT2D eigenvalue weighted by Crippen LogP contribution is 2.44. The molecule has 0 bridgehead atoms. The lowest BCUT2D eigenvalue weighted by Crippen LogP contribution is -2.29. The smallest absolute Gasteiger partial charge is 0.300 e. The second-order valence-corrected chi connectivity index (χ2v) is 8.04. The Balaban J connectivity index is 1.97. The molecule has 1 amide bonds. The zero-order valence-corrected chi connectivity index (χ0v) is 18.8. The molecule has 0 aliphatic carbocycles. The van der Waals surface area contributed by atoms with Crippen LogP contribution in [0.1, 0.15) is 29.7 Å². The normalized spacial score (nSPS) is 17.4. The number of halogens is 1. The number of aliphatic hydroxyl groups is 1. The predicted octanol–water partition coefficient (Wildman–Crippen LogP) is 5.38. The van der Waals surface area contributed by atoms with Crippen molar-refractivity contribution in [1.82, 2.24) is 0 Å². The number of aromatic hydroxyl groups is 1. The van der Waals surface area contributed by atoms with E-state index in [4.69, 9.17) is 16.3 Å². The summed E-state index contributed by atoms with van der Waals surface area (Å²) in [5.74, 6) is -1.75. The molecule has 33 heavy (non-hydrogen) atoms. The minimum absolute atomic E-state index is 0.0592. The first kappa shape index (κ1) is 22.4. The van der Waals surface area contributed by atoms with Gasteiger partial charge in [0, 0.05) is 16.3 Å². The Hall–Kier alpha value is -3.77. The Morgan fingerprint density at radius 1 is 1.06 bits per heavy atom. The van der Waals surface area contributed by atoms with Gasteiger partial charge in [-0.1, -0.05) is 54.1 Å². The summed E-state index contributed by atoms with van der Waals surface area (Å²) in [6.07, 6.45) is 0. The van der Waals surface area contributed by atoms with Gasteiger partial charge in [-0.3, -0.25) is 14.5 Å². The first-order valence-corrected chi connectivity index (χ1v) is 10.8. The highest BCUT2D eigenvalue weighted by atomic mass is 35.5. The summed E-state index contributed by atoms with van der Waals surface area (Å²) in [4.78, 5) is 27.7. The number of carbonyl (C=O) groups is 2. The van der Waals surface area contributed by atoms with E-state index in [1.807, 2.05) is 6.92 Å². The van der Waals surface area contributed by atoms with E-state index in [2.05, 4.69) is 0 Å². The maximum atomic E-state index is 13.2. The molecule has 3 aromatic carbocycles. The number of hydrogen-bond donors (Lipinski definition) is 2. The molecule has 1 aliphatic heterocycles. The van der Waals surface area contributed by atoms with E-state index in [1.165, 1.54) is 11.0 Å². The summed E-state index contributed by atoms with van der Waals surface area (Å²) in [5.41, 5.74) is 2.07. The average molecular weight is 464 g/mol. The number of aliphatic hydroxyl groups excluding tert-OH is 1. The van der Waals surface area contributed by atoms with E-state index in [9.17, 15) is 19.8 Å². The predicted molar refractivity (Wildman–Crippen MR) is 127 cm³/mol. The van der Waals surface area contributed by atoms with Gasteiger partial charge in [-0.2, -0.15) is 0 Å². The maximum Gasteiger partial charge on any atom is 0.300 e. The van der Waals surface area contributed by atoms with Crippen LogP contribution in [0.3, 0.4) is 0 Å². The minimum atomic E-state index is -0.955. The van der Waals surface area contributed by atoms with Gasteiger partial charge in [0.2, 0.25) is 0 Å². The molecule has 7 heteroatoms. The van der Waals surface area contributed by atoms with Crippen molar-refractivity contribution in [3.8, 4) is 11.5 Å². The number of nitrogens with zero attached hydrogens (tertiary/aromatic N) is 1. The number of phenolic OH excluding ortho intramolecular Hbond substituents is 1. The molecule has 3 aromatic rings. The number of aryl methyl sites for hydroxylation is 1. The van der Waals surface area contributed by atoms with Crippen LogP contribution < -0.4 is 9.64 Å². The van der Waals surface area contributed by atoms with Gasteiger partial charge in [0.05, 0.1) is 18.2 Å². The van der Waals surface area contributed by atoms with Crippen LogP contribution in [0.15, 0.2) is 72.3 Å². The molecule has 0 saturated carbocycles. The third-order valence-electron chi connectivity index (χ3n) is 5.52. The fraction of sp³-hybridized carbons (Fsp3) is 0.154. The van der Waals surface area contributed by atoms with Crippen molar-refractivity contribution in [1.29, 1.82) is 0 Å². The number of ketones is 1. The lowest BCUT2D eigenvalue weighted by Gasteiger charge is -2.26. The van der Waals surface area contributed by atoms with Gasteiger partial charge < -0.3 is 14.9 Å². The van der Waals surface area contributed by atoms with Crippen molar-refractivity contribution in [2.75, 3.05) is 11.5 Å². The Morgan fingerprint density at radius 2 is 1.79 bits per heavy atom. The Morgan fingerprint density at radius 3 is 2.45 bits per heavy atom. The van der Waals surface area contributed by atoms with Crippen LogP contribution in [0.5, 0.6) is 11.5 Å². The Kier molecular flexibility index (Phi) is 6.11. The van der Waals surface area contributed by atoms with Crippen LogP contribution in [-0.4, -0.2) is 28.5 Å². The van der Waals surface area contributed by atoms with Crippen LogP contribution in [0.25, 0.3) is 5.76 Å². The molecular formula is C26H22ClNO5. The summed E-state index contributed by atoms with van der Waals surface area (Å²) in [6.45, 7) is 3.93. The van der Waals surface area contributed by atoms with Gasteiger partial charge in [-0.05, 0) is 49.2 Å². The number of rotatable bonds is 5. The van der Waals surface area contributed by atoms with Crippen LogP contribution in [0, 0.1) is 6.92 Å². The van der Waals surface area contributed by atoms with Gasteiger partial charge >= 0.3 is 0 Å². The summed E-state index contributed by atoms with van der Waals surface area (Å²) < 4.78 is 5.51. The number of benzene rings is 3. The molecule has 2 N–H and O–H groups in total. The molecule has 1 aliphatic rings. The molecule has 1 fully saturated rings. The summed E-state index contributed by atoms with van der Waals surface area (Å²) in [5, 5.41) is 21.7. The second kappa shape index (κ2) is 9.00. The Bertz CT molecular complexity index is 1270. The molecule has 0 spiro atoms. The van der Waals surface area contributed by atoms with Crippen LogP contribution in [0.2, 0.25) is 5.02 Å². The van der Waals surface area contributed by atoms with Gasteiger partial charge in [-0.15, -0.1) is 0 Å². The van der Waals surface area contributed by atoms with E-state index < -0.39 is 17.7 Å². The van der Waals surface area contributed by atoms with Crippen molar-refractivity contribution in [3.05, 3.63) is 94.0 Å². The molecule has 168 valence electrons. The highest BCUT2D eigenvalue weighted by molar-refractivity contribution is 6.51. The van der Waals surface area contributed by atoms with Crippen molar-refractivity contribution in [3.63, 3.8) is 0 Å². The lowest BCUT2D eigenvalue weighted by atomic mass is 9.94. The first-order valence-electron chi connectivity index (χ1n) is 10.4. The van der Waals surface area contributed by atoms with Crippen LogP contribution >= 0.6 is 11.6 Å². The number of ether oxygens (including phenoxy) is 1. The molecule has 1 unspecified atom stereocenters. The minimum Gasteiger partial charge on any atom is -0.507 e. The number of amides is 1. The number of carbonyl (C=O) groups excluding carboxylic acids is 2. The highest BCUT2D eigenvalue weighted by Gasteiger charge is 2.47. The van der Waals surface area contributed by atoms with E-state index in [-0.39, 0.29) is 22.8 Å². The topological polar surface area (TPSA) is 87.1 Å². The lowest BCUT2D eigenvalue weighted by molar-refractivity contribution is -0.132. The monoisotopic (exact) mass is 463 g/mol. The molecule has 1 atom stereocenters. The van der Waals surface area contributed by atoms with Crippen molar-refractivity contribution < 1.29 is 24.5 Å². The number of phenols is 1. The van der Waals surface area contributed by atoms with E-state index in [1.54, 1.807) is 67.6 Å². The first-order chi connectivity index (χ1) is 15.8. The van der Waals surface area contributed by atoms with E-state index in [0.29, 0.717) is 28.4 Å². The summed E-state index contributed by atoms with van der Waals surface area (Å²) in [7, 11) is 0. The van der Waals surface area contributed by atoms with Gasteiger partial charge in [0.1, 0.15) is 5.76 Å². The fourth-order valence-electron chi connectivity index (χ4n) is 3.87. The Labute approximate surface area is 196 Å². The second-order valence-electron chi connectivity index (χ2n) is 7.63. The molecule has 4 rings (SSSR count). The van der Waals surface area contributed by atoms with Gasteiger partial charge in [0.15, 0.2) is 11.5 Å². The maximum absolute atomic E-state index is 13.2. The van der Waals surface area contributed by atoms with Crippen molar-refractivity contribution in [2.24, 2.45) is 0 Å². The standard InChI is InChI=1S/C26H22ClNO5/c1-3-33-21-13-17(10-12-20(21)29)23-22(24(30)16-7-5-4-6-8-16)25(31)26(32)28(23)18-11-9-15(2)19(27)14-18/h4-14,23,29-30H,3H2,1-2H3/b24-22+. The van der Waals surface area contributed by atoms with Crippen LogP contribution in [0.4, 0.5) is 5.69 Å².